The lowest BCUT2D eigenvalue weighted by atomic mass is 10.1. The van der Waals surface area contributed by atoms with Crippen molar-refractivity contribution in [3.05, 3.63) is 10.6 Å². The molecule has 1 aromatic rings. The monoisotopic (exact) mass is 267 g/mol. The largest absolute Gasteiger partial charge is 0.391 e. The van der Waals surface area contributed by atoms with Crippen LogP contribution in [0.3, 0.4) is 0 Å². The highest BCUT2D eigenvalue weighted by Gasteiger charge is 2.32. The van der Waals surface area contributed by atoms with Crippen LogP contribution in [-0.4, -0.2) is 27.7 Å². The zero-order valence-electron chi connectivity index (χ0n) is 9.34. The maximum Gasteiger partial charge on any atom is 0.391 e. The van der Waals surface area contributed by atoms with Crippen molar-refractivity contribution in [2.75, 3.05) is 0 Å². The Hall–Kier alpha value is -1.18. The summed E-state index contributed by atoms with van der Waals surface area (Å²) in [4.78, 5) is 11.9. The summed E-state index contributed by atoms with van der Waals surface area (Å²) in [6.45, 7) is 3.18. The normalized spacial score (nSPS) is 13.5. The van der Waals surface area contributed by atoms with Crippen LogP contribution in [0, 0.1) is 6.92 Å². The molecule has 0 saturated heterocycles. The summed E-state index contributed by atoms with van der Waals surface area (Å²) < 4.78 is 40.1. The van der Waals surface area contributed by atoms with E-state index in [0.29, 0.717) is 5.69 Å². The molecule has 0 radical (unpaired) electrons. The molecule has 0 aromatic carbocycles. The summed E-state index contributed by atoms with van der Waals surface area (Å²) in [6, 6.07) is -0.913. The SMILES string of the molecule is CCC(CC(F)(F)F)NC(=O)c1snnc1C. The molecule has 0 fully saturated rings. The van der Waals surface area contributed by atoms with E-state index in [1.807, 2.05) is 0 Å². The molecule has 8 heteroatoms. The molecule has 4 nitrogen and oxygen atoms in total. The summed E-state index contributed by atoms with van der Waals surface area (Å²) in [5, 5.41) is 5.97. The Balaban J connectivity index is 2.63. The van der Waals surface area contributed by atoms with E-state index in [-0.39, 0.29) is 11.3 Å². The Kier molecular flexibility index (Phi) is 4.44. The van der Waals surface area contributed by atoms with E-state index in [1.54, 1.807) is 13.8 Å². The van der Waals surface area contributed by atoms with Gasteiger partial charge in [-0.1, -0.05) is 11.4 Å². The lowest BCUT2D eigenvalue weighted by molar-refractivity contribution is -0.139. The topological polar surface area (TPSA) is 54.9 Å². The zero-order valence-corrected chi connectivity index (χ0v) is 10.2. The number of nitrogens with zero attached hydrogens (tertiary/aromatic N) is 2. The first-order valence-electron chi connectivity index (χ1n) is 5.00. The molecule has 0 aliphatic rings. The van der Waals surface area contributed by atoms with Crippen LogP contribution in [0.25, 0.3) is 0 Å². The van der Waals surface area contributed by atoms with Crippen LogP contribution in [0.1, 0.15) is 35.1 Å². The van der Waals surface area contributed by atoms with Gasteiger partial charge in [-0.3, -0.25) is 4.79 Å². The highest BCUT2D eigenvalue weighted by Crippen LogP contribution is 2.23. The maximum absolute atomic E-state index is 12.2. The van der Waals surface area contributed by atoms with Crippen LogP contribution in [0.2, 0.25) is 0 Å². The van der Waals surface area contributed by atoms with Crippen LogP contribution in [0.5, 0.6) is 0 Å². The number of hydrogen-bond donors (Lipinski definition) is 1. The molecule has 1 atom stereocenters. The van der Waals surface area contributed by atoms with Gasteiger partial charge in [0, 0.05) is 6.04 Å². The molecular formula is C9H12F3N3OS. The number of carbonyl (C=O) groups is 1. The number of carbonyl (C=O) groups excluding carboxylic acids is 1. The van der Waals surface area contributed by atoms with Crippen molar-refractivity contribution < 1.29 is 18.0 Å². The third-order valence-corrected chi connectivity index (χ3v) is 2.99. The number of nitrogens with one attached hydrogen (secondary N) is 1. The van der Waals surface area contributed by atoms with Crippen molar-refractivity contribution in [2.45, 2.75) is 38.9 Å². The molecule has 0 spiro atoms. The van der Waals surface area contributed by atoms with E-state index < -0.39 is 24.5 Å². The van der Waals surface area contributed by atoms with Crippen molar-refractivity contribution in [3.63, 3.8) is 0 Å². The number of rotatable bonds is 4. The number of alkyl halides is 3. The quantitative estimate of drug-likeness (QED) is 0.910. The second-order valence-electron chi connectivity index (χ2n) is 3.59. The summed E-state index contributed by atoms with van der Waals surface area (Å²) >= 11 is 0.874. The van der Waals surface area contributed by atoms with Crippen molar-refractivity contribution >= 4 is 17.4 Å². The smallest absolute Gasteiger partial charge is 0.348 e. The summed E-state index contributed by atoms with van der Waals surface area (Å²) in [5.41, 5.74) is 0.425. The van der Waals surface area contributed by atoms with E-state index in [4.69, 9.17) is 0 Å². The molecule has 1 heterocycles. The molecule has 1 aromatic heterocycles. The Labute approximate surface area is 100 Å². The number of halogens is 3. The average Bonchev–Trinajstić information content (AvgIpc) is 2.61. The second-order valence-corrected chi connectivity index (χ2v) is 4.34. The van der Waals surface area contributed by atoms with Crippen LogP contribution in [0.4, 0.5) is 13.2 Å². The first kappa shape index (κ1) is 13.9. The Morgan fingerprint density at radius 2 is 2.18 bits per heavy atom. The standard InChI is InChI=1S/C9H12F3N3OS/c1-3-6(4-9(10,11)12)13-8(16)7-5(2)14-15-17-7/h6H,3-4H2,1-2H3,(H,13,16). The molecule has 1 N–H and O–H groups in total. The molecule has 0 saturated carbocycles. The summed E-state index contributed by atoms with van der Waals surface area (Å²) in [5.74, 6) is -0.548. The van der Waals surface area contributed by atoms with E-state index in [2.05, 4.69) is 14.9 Å². The van der Waals surface area contributed by atoms with E-state index >= 15 is 0 Å². The highest BCUT2D eigenvalue weighted by atomic mass is 32.1. The maximum atomic E-state index is 12.2. The third-order valence-electron chi connectivity index (χ3n) is 2.16. The van der Waals surface area contributed by atoms with Crippen LogP contribution in [0.15, 0.2) is 0 Å². The zero-order chi connectivity index (χ0) is 13.1. The molecule has 17 heavy (non-hydrogen) atoms. The van der Waals surface area contributed by atoms with Gasteiger partial charge in [0.25, 0.3) is 5.91 Å². The second kappa shape index (κ2) is 5.44. The van der Waals surface area contributed by atoms with Crippen molar-refractivity contribution in [1.29, 1.82) is 0 Å². The molecule has 0 bridgehead atoms. The number of hydrogen-bond acceptors (Lipinski definition) is 4. The van der Waals surface area contributed by atoms with E-state index in [9.17, 15) is 18.0 Å². The van der Waals surface area contributed by atoms with Crippen LogP contribution < -0.4 is 5.32 Å². The molecule has 96 valence electrons. The van der Waals surface area contributed by atoms with Gasteiger partial charge in [-0.05, 0) is 24.9 Å². The minimum absolute atomic E-state index is 0.219. The fraction of sp³-hybridized carbons (Fsp3) is 0.667. The van der Waals surface area contributed by atoms with Gasteiger partial charge in [0.1, 0.15) is 4.88 Å². The van der Waals surface area contributed by atoms with Gasteiger partial charge in [0.05, 0.1) is 12.1 Å². The van der Waals surface area contributed by atoms with Gasteiger partial charge in [0.15, 0.2) is 0 Å². The lowest BCUT2D eigenvalue weighted by Gasteiger charge is -2.18. The summed E-state index contributed by atoms with van der Waals surface area (Å²) in [6.07, 6.45) is -5.09. The molecule has 1 rings (SSSR count). The van der Waals surface area contributed by atoms with Gasteiger partial charge in [-0.15, -0.1) is 5.10 Å². The van der Waals surface area contributed by atoms with Crippen molar-refractivity contribution in [2.24, 2.45) is 0 Å². The van der Waals surface area contributed by atoms with Gasteiger partial charge in [0.2, 0.25) is 0 Å². The number of amides is 1. The number of aryl methyl sites for hydroxylation is 1. The Morgan fingerprint density at radius 1 is 1.53 bits per heavy atom. The molecular weight excluding hydrogens is 255 g/mol. The van der Waals surface area contributed by atoms with Crippen LogP contribution in [-0.2, 0) is 0 Å². The third kappa shape index (κ3) is 4.29. The Bertz CT molecular complexity index is 391. The minimum atomic E-state index is -4.28. The van der Waals surface area contributed by atoms with E-state index in [1.165, 1.54) is 0 Å². The molecule has 0 aliphatic carbocycles. The van der Waals surface area contributed by atoms with Gasteiger partial charge < -0.3 is 5.32 Å². The van der Waals surface area contributed by atoms with Crippen molar-refractivity contribution in [1.82, 2.24) is 14.9 Å². The predicted molar refractivity (Wildman–Crippen MR) is 56.9 cm³/mol. The lowest BCUT2D eigenvalue weighted by Crippen LogP contribution is -2.37. The Morgan fingerprint density at radius 3 is 2.59 bits per heavy atom. The average molecular weight is 267 g/mol. The summed E-state index contributed by atoms with van der Waals surface area (Å²) in [7, 11) is 0. The van der Waals surface area contributed by atoms with Crippen molar-refractivity contribution in [3.8, 4) is 0 Å². The van der Waals surface area contributed by atoms with Gasteiger partial charge in [-0.25, -0.2) is 0 Å². The number of aromatic nitrogens is 2. The minimum Gasteiger partial charge on any atom is -0.348 e. The first-order chi connectivity index (χ1) is 7.83. The van der Waals surface area contributed by atoms with Gasteiger partial charge in [-0.2, -0.15) is 13.2 Å². The van der Waals surface area contributed by atoms with E-state index in [0.717, 1.165) is 11.5 Å². The fourth-order valence-electron chi connectivity index (χ4n) is 1.27. The van der Waals surface area contributed by atoms with Crippen LogP contribution >= 0.6 is 11.5 Å². The van der Waals surface area contributed by atoms with Gasteiger partial charge >= 0.3 is 6.18 Å². The molecule has 1 unspecified atom stereocenters. The molecule has 1 amide bonds. The fourth-order valence-corrected chi connectivity index (χ4v) is 1.83. The predicted octanol–water partition coefficient (Wildman–Crippen LogP) is 2.31. The highest BCUT2D eigenvalue weighted by molar-refractivity contribution is 7.07. The molecule has 0 aliphatic heterocycles. The first-order valence-corrected chi connectivity index (χ1v) is 5.77.